The van der Waals surface area contributed by atoms with Gasteiger partial charge < -0.3 is 15.4 Å². The molecule has 86 valence electrons. The van der Waals surface area contributed by atoms with Crippen LogP contribution in [0.4, 0.5) is 4.79 Å². The lowest BCUT2D eigenvalue weighted by Crippen LogP contribution is -2.64. The van der Waals surface area contributed by atoms with Crippen molar-refractivity contribution >= 4 is 6.09 Å². The Balaban J connectivity index is 1.81. The van der Waals surface area contributed by atoms with E-state index in [4.69, 9.17) is 10.5 Å². The van der Waals surface area contributed by atoms with Crippen LogP contribution in [0.15, 0.2) is 30.3 Å². The molecule has 2 unspecified atom stereocenters. The molecule has 1 amide bonds. The summed E-state index contributed by atoms with van der Waals surface area (Å²) >= 11 is 0. The second-order valence-corrected chi connectivity index (χ2v) is 4.10. The van der Waals surface area contributed by atoms with E-state index in [2.05, 4.69) is 0 Å². The van der Waals surface area contributed by atoms with Crippen LogP contribution < -0.4 is 5.73 Å². The summed E-state index contributed by atoms with van der Waals surface area (Å²) in [6.07, 6.45) is -0.280. The van der Waals surface area contributed by atoms with Gasteiger partial charge in [0.2, 0.25) is 0 Å². The Bertz CT molecular complexity index is 367. The van der Waals surface area contributed by atoms with Gasteiger partial charge in [0.15, 0.2) is 0 Å². The molecular weight excluding hydrogens is 204 g/mol. The van der Waals surface area contributed by atoms with Gasteiger partial charge in [0, 0.05) is 18.6 Å². The fourth-order valence-electron chi connectivity index (χ4n) is 1.68. The van der Waals surface area contributed by atoms with Crippen LogP contribution in [0.3, 0.4) is 0 Å². The Morgan fingerprint density at radius 2 is 2.19 bits per heavy atom. The second-order valence-electron chi connectivity index (χ2n) is 4.10. The fraction of sp³-hybridized carbons (Fsp3) is 0.417. The van der Waals surface area contributed by atoms with Crippen molar-refractivity contribution in [2.75, 3.05) is 6.54 Å². The van der Waals surface area contributed by atoms with Crippen molar-refractivity contribution in [2.24, 2.45) is 5.73 Å². The van der Waals surface area contributed by atoms with Crippen LogP contribution in [0.1, 0.15) is 12.5 Å². The topological polar surface area (TPSA) is 55.6 Å². The summed E-state index contributed by atoms with van der Waals surface area (Å²) in [7, 11) is 0. The maximum Gasteiger partial charge on any atom is 0.410 e. The molecule has 2 atom stereocenters. The molecule has 1 aliphatic heterocycles. The molecule has 1 aromatic rings. The van der Waals surface area contributed by atoms with Gasteiger partial charge in [0.05, 0.1) is 0 Å². The van der Waals surface area contributed by atoms with Crippen LogP contribution in [-0.4, -0.2) is 29.6 Å². The lowest BCUT2D eigenvalue weighted by molar-refractivity contribution is 0.0374. The molecule has 4 nitrogen and oxygen atoms in total. The minimum absolute atomic E-state index is 0.0864. The van der Waals surface area contributed by atoms with Gasteiger partial charge >= 0.3 is 6.09 Å². The van der Waals surface area contributed by atoms with E-state index in [1.54, 1.807) is 4.90 Å². The number of hydrogen-bond donors (Lipinski definition) is 1. The number of carbonyl (C=O) groups excluding carboxylic acids is 1. The highest BCUT2D eigenvalue weighted by atomic mass is 16.6. The number of nitrogens with zero attached hydrogens (tertiary/aromatic N) is 1. The van der Waals surface area contributed by atoms with Crippen molar-refractivity contribution in [3.63, 3.8) is 0 Å². The van der Waals surface area contributed by atoms with Crippen molar-refractivity contribution in [3.05, 3.63) is 35.9 Å². The van der Waals surface area contributed by atoms with Gasteiger partial charge in [0.25, 0.3) is 0 Å². The number of benzene rings is 1. The van der Waals surface area contributed by atoms with E-state index in [0.717, 1.165) is 5.56 Å². The zero-order valence-electron chi connectivity index (χ0n) is 9.30. The summed E-state index contributed by atoms with van der Waals surface area (Å²) in [5.41, 5.74) is 6.70. The van der Waals surface area contributed by atoms with Crippen molar-refractivity contribution in [3.8, 4) is 0 Å². The molecule has 2 rings (SSSR count). The van der Waals surface area contributed by atoms with E-state index in [0.29, 0.717) is 13.2 Å². The average molecular weight is 220 g/mol. The molecule has 1 aliphatic rings. The van der Waals surface area contributed by atoms with Gasteiger partial charge in [-0.15, -0.1) is 0 Å². The summed E-state index contributed by atoms with van der Waals surface area (Å²) < 4.78 is 5.18. The minimum atomic E-state index is -0.280. The molecule has 0 radical (unpaired) electrons. The first-order chi connectivity index (χ1) is 7.68. The van der Waals surface area contributed by atoms with E-state index in [-0.39, 0.29) is 18.2 Å². The van der Waals surface area contributed by atoms with Gasteiger partial charge in [-0.25, -0.2) is 4.79 Å². The standard InChI is InChI=1S/C12H16N2O2/c1-9-11(13)7-14(9)12(15)16-8-10-5-3-2-4-6-10/h2-6,9,11H,7-8,13H2,1H3. The van der Waals surface area contributed by atoms with Crippen LogP contribution in [-0.2, 0) is 11.3 Å². The maximum atomic E-state index is 11.6. The predicted molar refractivity (Wildman–Crippen MR) is 60.8 cm³/mol. The van der Waals surface area contributed by atoms with Crippen LogP contribution in [0.5, 0.6) is 0 Å². The van der Waals surface area contributed by atoms with E-state index in [9.17, 15) is 4.79 Å². The second kappa shape index (κ2) is 4.53. The first kappa shape index (κ1) is 11.0. The molecule has 0 aromatic heterocycles. The van der Waals surface area contributed by atoms with Crippen molar-refractivity contribution in [1.29, 1.82) is 0 Å². The van der Waals surface area contributed by atoms with Gasteiger partial charge in [0.1, 0.15) is 6.61 Å². The molecule has 1 fully saturated rings. The number of amides is 1. The lowest BCUT2D eigenvalue weighted by Gasteiger charge is -2.43. The third-order valence-corrected chi connectivity index (χ3v) is 2.96. The molecule has 0 aliphatic carbocycles. The van der Waals surface area contributed by atoms with Crippen molar-refractivity contribution in [2.45, 2.75) is 25.6 Å². The first-order valence-electron chi connectivity index (χ1n) is 5.41. The highest BCUT2D eigenvalue weighted by Gasteiger charge is 2.36. The van der Waals surface area contributed by atoms with Crippen LogP contribution >= 0.6 is 0 Å². The monoisotopic (exact) mass is 220 g/mol. The highest BCUT2D eigenvalue weighted by Crippen LogP contribution is 2.17. The molecular formula is C12H16N2O2. The molecule has 2 N–H and O–H groups in total. The molecule has 1 aromatic carbocycles. The van der Waals surface area contributed by atoms with Crippen molar-refractivity contribution < 1.29 is 9.53 Å². The lowest BCUT2D eigenvalue weighted by atomic mass is 10.0. The van der Waals surface area contributed by atoms with Crippen molar-refractivity contribution in [1.82, 2.24) is 4.90 Å². The largest absolute Gasteiger partial charge is 0.445 e. The Morgan fingerprint density at radius 3 is 2.75 bits per heavy atom. The number of likely N-dealkylation sites (tertiary alicyclic amines) is 1. The third kappa shape index (κ3) is 2.17. The summed E-state index contributed by atoms with van der Waals surface area (Å²) in [5.74, 6) is 0. The minimum Gasteiger partial charge on any atom is -0.445 e. The third-order valence-electron chi connectivity index (χ3n) is 2.96. The zero-order chi connectivity index (χ0) is 11.5. The summed E-state index contributed by atoms with van der Waals surface area (Å²) in [4.78, 5) is 13.2. The molecule has 0 spiro atoms. The first-order valence-corrected chi connectivity index (χ1v) is 5.41. The van der Waals surface area contributed by atoms with Crippen LogP contribution in [0.25, 0.3) is 0 Å². The van der Waals surface area contributed by atoms with E-state index in [1.807, 2.05) is 37.3 Å². The molecule has 1 heterocycles. The summed E-state index contributed by atoms with van der Waals surface area (Å²) in [6, 6.07) is 9.81. The normalized spacial score (nSPS) is 23.8. The Morgan fingerprint density at radius 1 is 1.50 bits per heavy atom. The average Bonchev–Trinajstić information content (AvgIpc) is 2.33. The predicted octanol–water partition coefficient (Wildman–Crippen LogP) is 1.35. The number of ether oxygens (including phenoxy) is 1. The molecule has 4 heteroatoms. The van der Waals surface area contributed by atoms with Gasteiger partial charge in [-0.05, 0) is 12.5 Å². The SMILES string of the molecule is CC1C(N)CN1C(=O)OCc1ccccc1. The smallest absolute Gasteiger partial charge is 0.410 e. The zero-order valence-corrected chi connectivity index (χ0v) is 9.30. The Hall–Kier alpha value is -1.55. The fourth-order valence-corrected chi connectivity index (χ4v) is 1.68. The van der Waals surface area contributed by atoms with E-state index in [1.165, 1.54) is 0 Å². The molecule has 1 saturated heterocycles. The number of hydrogen-bond acceptors (Lipinski definition) is 3. The summed E-state index contributed by atoms with van der Waals surface area (Å²) in [6.45, 7) is 2.84. The van der Waals surface area contributed by atoms with Gasteiger partial charge in [-0.3, -0.25) is 0 Å². The van der Waals surface area contributed by atoms with E-state index < -0.39 is 0 Å². The van der Waals surface area contributed by atoms with Gasteiger partial charge in [-0.2, -0.15) is 0 Å². The summed E-state index contributed by atoms with van der Waals surface area (Å²) in [5, 5.41) is 0. The number of rotatable bonds is 2. The quantitative estimate of drug-likeness (QED) is 0.818. The Labute approximate surface area is 95.0 Å². The van der Waals surface area contributed by atoms with Crippen LogP contribution in [0.2, 0.25) is 0 Å². The van der Waals surface area contributed by atoms with Crippen LogP contribution in [0, 0.1) is 0 Å². The molecule has 16 heavy (non-hydrogen) atoms. The maximum absolute atomic E-state index is 11.6. The highest BCUT2D eigenvalue weighted by molar-refractivity contribution is 5.69. The number of nitrogens with two attached hydrogens (primary N) is 1. The Kier molecular flexibility index (Phi) is 3.10. The molecule has 0 saturated carbocycles. The van der Waals surface area contributed by atoms with E-state index >= 15 is 0 Å². The molecule has 0 bridgehead atoms. The number of carbonyl (C=O) groups is 1. The van der Waals surface area contributed by atoms with Gasteiger partial charge in [-0.1, -0.05) is 30.3 Å².